The van der Waals surface area contributed by atoms with Crippen molar-refractivity contribution >= 4 is 11.7 Å². The van der Waals surface area contributed by atoms with Crippen LogP contribution < -0.4 is 15.0 Å². The number of nitrogens with one attached hydrogen (secondary N) is 1. The van der Waals surface area contributed by atoms with Gasteiger partial charge in [0.15, 0.2) is 0 Å². The van der Waals surface area contributed by atoms with Crippen molar-refractivity contribution in [2.24, 2.45) is 0 Å². The van der Waals surface area contributed by atoms with E-state index in [1.54, 1.807) is 0 Å². The maximum Gasteiger partial charge on any atom is 0.304 e. The van der Waals surface area contributed by atoms with Gasteiger partial charge in [-0.25, -0.2) is 0 Å². The molecule has 6 heteroatoms. The van der Waals surface area contributed by atoms with Crippen molar-refractivity contribution in [1.29, 1.82) is 0 Å². The first-order chi connectivity index (χ1) is 10.7. The summed E-state index contributed by atoms with van der Waals surface area (Å²) in [5, 5.41) is 11.8. The van der Waals surface area contributed by atoms with Crippen LogP contribution in [-0.4, -0.2) is 50.5 Å². The molecule has 0 unspecified atom stereocenters. The van der Waals surface area contributed by atoms with Gasteiger partial charge < -0.3 is 24.8 Å². The number of aliphatic carboxylic acids is 1. The topological polar surface area (TPSA) is 71.0 Å². The third-order valence-corrected chi connectivity index (χ3v) is 3.52. The molecule has 2 N–H and O–H groups in total. The minimum atomic E-state index is -0.787. The molecular weight excluding hydrogens is 284 g/mol. The zero-order chi connectivity index (χ0) is 15.8. The van der Waals surface area contributed by atoms with Gasteiger partial charge in [-0.1, -0.05) is 6.07 Å². The Labute approximate surface area is 131 Å². The Morgan fingerprint density at radius 2 is 2.18 bits per heavy atom. The summed E-state index contributed by atoms with van der Waals surface area (Å²) in [5.41, 5.74) is 2.19. The highest BCUT2D eigenvalue weighted by Gasteiger charge is 2.16. The van der Waals surface area contributed by atoms with E-state index in [1.165, 1.54) is 0 Å². The minimum absolute atomic E-state index is 0.129. The predicted molar refractivity (Wildman–Crippen MR) is 84.6 cm³/mol. The quantitative estimate of drug-likeness (QED) is 0.709. The zero-order valence-corrected chi connectivity index (χ0v) is 13.0. The highest BCUT2D eigenvalue weighted by atomic mass is 16.5. The first-order valence-corrected chi connectivity index (χ1v) is 7.71. The van der Waals surface area contributed by atoms with E-state index in [-0.39, 0.29) is 6.42 Å². The van der Waals surface area contributed by atoms with Crippen molar-refractivity contribution in [2.75, 3.05) is 44.4 Å². The Kier molecular flexibility index (Phi) is 6.48. The van der Waals surface area contributed by atoms with Gasteiger partial charge in [-0.2, -0.15) is 0 Å². The summed E-state index contributed by atoms with van der Waals surface area (Å²) in [7, 11) is 0. The fraction of sp³-hybridized carbons (Fsp3) is 0.562. The number of hydrogen-bond donors (Lipinski definition) is 2. The number of nitrogens with zero attached hydrogens (tertiary/aromatic N) is 1. The molecule has 1 aliphatic rings. The molecule has 1 fully saturated rings. The monoisotopic (exact) mass is 308 g/mol. The lowest BCUT2D eigenvalue weighted by atomic mass is 10.1. The standard InChI is InChI=1S/C16H24N2O4/c1-2-22-15-11-13(12-17-6-5-16(19)20)3-4-14(15)18-7-9-21-10-8-18/h3-4,11,17H,2,5-10,12H2,1H3,(H,19,20). The Balaban J connectivity index is 2.00. The molecule has 0 saturated carbocycles. The first kappa shape index (κ1) is 16.6. The molecule has 1 aromatic rings. The zero-order valence-electron chi connectivity index (χ0n) is 13.0. The maximum absolute atomic E-state index is 10.5. The fourth-order valence-corrected chi connectivity index (χ4v) is 2.43. The number of benzene rings is 1. The SMILES string of the molecule is CCOc1cc(CNCCC(=O)O)ccc1N1CCOCC1. The van der Waals surface area contributed by atoms with Crippen LogP contribution in [0.15, 0.2) is 18.2 Å². The van der Waals surface area contributed by atoms with Crippen molar-refractivity contribution in [3.05, 3.63) is 23.8 Å². The number of carboxylic acids is 1. The van der Waals surface area contributed by atoms with E-state index in [0.29, 0.717) is 19.7 Å². The van der Waals surface area contributed by atoms with Crippen LogP contribution in [0.3, 0.4) is 0 Å². The second-order valence-electron chi connectivity index (χ2n) is 5.16. The largest absolute Gasteiger partial charge is 0.492 e. The molecule has 0 amide bonds. The van der Waals surface area contributed by atoms with E-state index in [0.717, 1.165) is 43.3 Å². The molecule has 122 valence electrons. The van der Waals surface area contributed by atoms with E-state index in [9.17, 15) is 4.79 Å². The number of carboxylic acid groups (broad SMARTS) is 1. The van der Waals surface area contributed by atoms with Crippen LogP contribution in [0.1, 0.15) is 18.9 Å². The highest BCUT2D eigenvalue weighted by Crippen LogP contribution is 2.30. The number of anilines is 1. The van der Waals surface area contributed by atoms with Crippen molar-refractivity contribution in [3.63, 3.8) is 0 Å². The van der Waals surface area contributed by atoms with Crippen LogP contribution in [0.25, 0.3) is 0 Å². The van der Waals surface area contributed by atoms with Crippen molar-refractivity contribution in [3.8, 4) is 5.75 Å². The third-order valence-electron chi connectivity index (χ3n) is 3.52. The summed E-state index contributed by atoms with van der Waals surface area (Å²) in [6.45, 7) is 6.91. The fourth-order valence-electron chi connectivity index (χ4n) is 2.43. The summed E-state index contributed by atoms with van der Waals surface area (Å²) >= 11 is 0. The Bertz CT molecular complexity index is 487. The molecule has 1 aromatic carbocycles. The second kappa shape index (κ2) is 8.60. The van der Waals surface area contributed by atoms with Gasteiger partial charge in [0, 0.05) is 26.2 Å². The molecule has 22 heavy (non-hydrogen) atoms. The van der Waals surface area contributed by atoms with Crippen LogP contribution >= 0.6 is 0 Å². The van der Waals surface area contributed by atoms with Crippen LogP contribution in [0, 0.1) is 0 Å². The van der Waals surface area contributed by atoms with Crippen molar-refractivity contribution in [1.82, 2.24) is 5.32 Å². The molecule has 1 heterocycles. The molecule has 0 radical (unpaired) electrons. The van der Waals surface area contributed by atoms with Crippen LogP contribution in [-0.2, 0) is 16.1 Å². The van der Waals surface area contributed by atoms with Gasteiger partial charge >= 0.3 is 5.97 Å². The molecule has 0 aromatic heterocycles. The Morgan fingerprint density at radius 1 is 1.41 bits per heavy atom. The van der Waals surface area contributed by atoms with Crippen molar-refractivity contribution in [2.45, 2.75) is 19.9 Å². The molecule has 0 spiro atoms. The van der Waals surface area contributed by atoms with Crippen molar-refractivity contribution < 1.29 is 19.4 Å². The van der Waals surface area contributed by atoms with Gasteiger partial charge in [0.25, 0.3) is 0 Å². The maximum atomic E-state index is 10.5. The summed E-state index contributed by atoms with van der Waals surface area (Å²) < 4.78 is 11.2. The molecule has 0 aliphatic carbocycles. The summed E-state index contributed by atoms with van der Waals surface area (Å²) in [6.07, 6.45) is 0.129. The number of morpholine rings is 1. The third kappa shape index (κ3) is 4.89. The lowest BCUT2D eigenvalue weighted by Crippen LogP contribution is -2.36. The Morgan fingerprint density at radius 3 is 2.86 bits per heavy atom. The molecule has 1 saturated heterocycles. The summed E-state index contributed by atoms with van der Waals surface area (Å²) in [4.78, 5) is 12.8. The average molecular weight is 308 g/mol. The van der Waals surface area contributed by atoms with Gasteiger partial charge in [0.2, 0.25) is 0 Å². The first-order valence-electron chi connectivity index (χ1n) is 7.71. The summed E-state index contributed by atoms with van der Waals surface area (Å²) in [5.74, 6) is 0.0899. The van der Waals surface area contributed by atoms with Gasteiger partial charge in [-0.15, -0.1) is 0 Å². The van der Waals surface area contributed by atoms with Crippen LogP contribution in [0.5, 0.6) is 5.75 Å². The molecule has 0 atom stereocenters. The van der Waals surface area contributed by atoms with Gasteiger partial charge in [-0.05, 0) is 24.6 Å². The summed E-state index contributed by atoms with van der Waals surface area (Å²) in [6, 6.07) is 6.16. The number of ether oxygens (including phenoxy) is 2. The number of carbonyl (C=O) groups is 1. The average Bonchev–Trinajstić information content (AvgIpc) is 2.53. The number of hydrogen-bond acceptors (Lipinski definition) is 5. The van der Waals surface area contributed by atoms with Gasteiger partial charge in [-0.3, -0.25) is 4.79 Å². The molecule has 6 nitrogen and oxygen atoms in total. The van der Waals surface area contributed by atoms with Crippen LogP contribution in [0.4, 0.5) is 5.69 Å². The smallest absolute Gasteiger partial charge is 0.304 e. The normalized spacial score (nSPS) is 14.9. The lowest BCUT2D eigenvalue weighted by molar-refractivity contribution is -0.136. The molecular formula is C16H24N2O4. The highest BCUT2D eigenvalue weighted by molar-refractivity contribution is 5.66. The second-order valence-corrected chi connectivity index (χ2v) is 5.16. The Hall–Kier alpha value is -1.79. The minimum Gasteiger partial charge on any atom is -0.492 e. The van der Waals surface area contributed by atoms with E-state index in [2.05, 4.69) is 22.3 Å². The molecule has 0 bridgehead atoms. The van der Waals surface area contributed by atoms with E-state index >= 15 is 0 Å². The van der Waals surface area contributed by atoms with Gasteiger partial charge in [0.05, 0.1) is 31.9 Å². The van der Waals surface area contributed by atoms with E-state index in [1.807, 2.05) is 13.0 Å². The number of rotatable bonds is 8. The lowest BCUT2D eigenvalue weighted by Gasteiger charge is -2.30. The van der Waals surface area contributed by atoms with Crippen LogP contribution in [0.2, 0.25) is 0 Å². The predicted octanol–water partition coefficient (Wildman–Crippen LogP) is 1.49. The van der Waals surface area contributed by atoms with E-state index in [4.69, 9.17) is 14.6 Å². The van der Waals surface area contributed by atoms with E-state index < -0.39 is 5.97 Å². The molecule has 1 aliphatic heterocycles. The van der Waals surface area contributed by atoms with Gasteiger partial charge in [0.1, 0.15) is 5.75 Å². The molecule has 2 rings (SSSR count).